The zero-order valence-electron chi connectivity index (χ0n) is 16.7. The van der Waals surface area contributed by atoms with E-state index in [0.717, 1.165) is 63.6 Å². The molecule has 1 saturated heterocycles. The Morgan fingerprint density at radius 2 is 1.89 bits per heavy atom. The molecule has 7 heteroatoms. The van der Waals surface area contributed by atoms with E-state index in [0.29, 0.717) is 0 Å². The predicted octanol–water partition coefficient (Wildman–Crippen LogP) is 2.57. The van der Waals surface area contributed by atoms with Crippen molar-refractivity contribution in [2.45, 2.75) is 26.2 Å². The Bertz CT molecular complexity index is 538. The summed E-state index contributed by atoms with van der Waals surface area (Å²) in [4.78, 5) is 9.64. The minimum atomic E-state index is -0.187. The van der Waals surface area contributed by atoms with Crippen LogP contribution in [0.5, 0.6) is 0 Å². The summed E-state index contributed by atoms with van der Waals surface area (Å²) in [6.45, 7) is 10.4. The number of likely N-dealkylation sites (N-methyl/N-ethyl adjacent to an activating group) is 1. The van der Waals surface area contributed by atoms with Gasteiger partial charge in [-0.3, -0.25) is 4.99 Å². The number of nitrogens with one attached hydrogen (secondary N) is 2. The van der Waals surface area contributed by atoms with Gasteiger partial charge in [-0.1, -0.05) is 12.1 Å². The average molecular weight is 491 g/mol. The zero-order valence-corrected chi connectivity index (χ0v) is 19.0. The average Bonchev–Trinajstić information content (AvgIpc) is 2.84. The molecule has 1 fully saturated rings. The van der Waals surface area contributed by atoms with Crippen molar-refractivity contribution in [2.24, 2.45) is 4.99 Å². The van der Waals surface area contributed by atoms with Gasteiger partial charge in [-0.15, -0.1) is 24.0 Å². The first-order chi connectivity index (χ1) is 12.7. The molecule has 2 rings (SSSR count). The van der Waals surface area contributed by atoms with Crippen molar-refractivity contribution < 1.29 is 4.39 Å². The molecule has 2 N–H and O–H groups in total. The second-order valence-electron chi connectivity index (χ2n) is 6.92. The van der Waals surface area contributed by atoms with Gasteiger partial charge in [0.25, 0.3) is 0 Å². The molecule has 1 aromatic carbocycles. The van der Waals surface area contributed by atoms with Crippen LogP contribution < -0.4 is 10.6 Å². The molecule has 1 aliphatic heterocycles. The monoisotopic (exact) mass is 491 g/mol. The van der Waals surface area contributed by atoms with Gasteiger partial charge >= 0.3 is 0 Å². The number of hydrogen-bond acceptors (Lipinski definition) is 3. The molecule has 154 valence electrons. The Morgan fingerprint density at radius 1 is 1.11 bits per heavy atom. The molecule has 1 heterocycles. The highest BCUT2D eigenvalue weighted by molar-refractivity contribution is 14.0. The number of guanidine groups is 1. The highest BCUT2D eigenvalue weighted by Gasteiger charge is 2.11. The van der Waals surface area contributed by atoms with E-state index in [9.17, 15) is 4.39 Å². The van der Waals surface area contributed by atoms with Gasteiger partial charge in [-0.05, 0) is 70.6 Å². The summed E-state index contributed by atoms with van der Waals surface area (Å²) in [5.41, 5.74) is 1.13. The lowest BCUT2D eigenvalue weighted by Gasteiger charge is -2.19. The number of aliphatic imine (C=N–C) groups is 1. The summed E-state index contributed by atoms with van der Waals surface area (Å²) < 4.78 is 12.9. The fourth-order valence-corrected chi connectivity index (χ4v) is 3.13. The van der Waals surface area contributed by atoms with E-state index in [1.807, 2.05) is 12.1 Å². The van der Waals surface area contributed by atoms with Crippen LogP contribution in [0.25, 0.3) is 0 Å². The standard InChI is InChI=1S/C20H34FN5.HI/c1-3-22-20(24-12-10-18-6-8-19(21)9-7-18)23-11-4-14-26-15-5-13-25(2)16-17-26;/h6-9H,3-5,10-17H2,1-2H3,(H2,22,23,24);1H. The molecule has 0 saturated carbocycles. The molecular formula is C20H35FIN5. The van der Waals surface area contributed by atoms with Crippen LogP contribution in [0, 0.1) is 5.82 Å². The number of benzene rings is 1. The lowest BCUT2D eigenvalue weighted by molar-refractivity contribution is 0.275. The highest BCUT2D eigenvalue weighted by Crippen LogP contribution is 2.03. The first-order valence-electron chi connectivity index (χ1n) is 9.85. The van der Waals surface area contributed by atoms with Crippen molar-refractivity contribution in [3.63, 3.8) is 0 Å². The Kier molecular flexibility index (Phi) is 12.6. The first kappa shape index (κ1) is 24.1. The quantitative estimate of drug-likeness (QED) is 0.254. The van der Waals surface area contributed by atoms with Gasteiger partial charge < -0.3 is 20.4 Å². The Morgan fingerprint density at radius 3 is 2.63 bits per heavy atom. The van der Waals surface area contributed by atoms with Gasteiger partial charge in [0.2, 0.25) is 0 Å². The van der Waals surface area contributed by atoms with Gasteiger partial charge in [0.1, 0.15) is 5.82 Å². The molecule has 0 amide bonds. The molecule has 0 unspecified atom stereocenters. The maximum Gasteiger partial charge on any atom is 0.191 e. The Balaban J connectivity index is 0.00000364. The van der Waals surface area contributed by atoms with Gasteiger partial charge in [0.15, 0.2) is 5.96 Å². The number of nitrogens with zero attached hydrogens (tertiary/aromatic N) is 3. The van der Waals surface area contributed by atoms with Crippen LogP contribution in [-0.2, 0) is 6.42 Å². The van der Waals surface area contributed by atoms with Crippen LogP contribution >= 0.6 is 24.0 Å². The third-order valence-corrected chi connectivity index (χ3v) is 4.68. The van der Waals surface area contributed by atoms with E-state index < -0.39 is 0 Å². The highest BCUT2D eigenvalue weighted by atomic mass is 127. The largest absolute Gasteiger partial charge is 0.357 e. The molecule has 5 nitrogen and oxygen atoms in total. The summed E-state index contributed by atoms with van der Waals surface area (Å²) >= 11 is 0. The molecule has 0 bridgehead atoms. The zero-order chi connectivity index (χ0) is 18.6. The van der Waals surface area contributed by atoms with Crippen LogP contribution in [0.15, 0.2) is 29.3 Å². The number of hydrogen-bond donors (Lipinski definition) is 2. The fourth-order valence-electron chi connectivity index (χ4n) is 3.13. The predicted molar refractivity (Wildman–Crippen MR) is 123 cm³/mol. The lowest BCUT2D eigenvalue weighted by Crippen LogP contribution is -2.38. The van der Waals surface area contributed by atoms with Gasteiger partial charge in [0.05, 0.1) is 0 Å². The smallest absolute Gasteiger partial charge is 0.191 e. The molecule has 0 aromatic heterocycles. The fraction of sp³-hybridized carbons (Fsp3) is 0.650. The second-order valence-corrected chi connectivity index (χ2v) is 6.92. The van der Waals surface area contributed by atoms with Crippen molar-refractivity contribution in [3.05, 3.63) is 35.6 Å². The molecule has 0 aliphatic carbocycles. The maximum absolute atomic E-state index is 12.9. The minimum absolute atomic E-state index is 0. The van der Waals surface area contributed by atoms with Crippen LogP contribution in [-0.4, -0.2) is 75.2 Å². The second kappa shape index (κ2) is 14.1. The summed E-state index contributed by atoms with van der Waals surface area (Å²) in [5, 5.41) is 6.65. The molecule has 0 spiro atoms. The Hall–Kier alpha value is -0.930. The first-order valence-corrected chi connectivity index (χ1v) is 9.85. The van der Waals surface area contributed by atoms with E-state index in [1.54, 1.807) is 0 Å². The SMILES string of the molecule is CCNC(=NCCCN1CCCN(C)CC1)NCCc1ccc(F)cc1.I. The van der Waals surface area contributed by atoms with Crippen molar-refractivity contribution in [1.82, 2.24) is 20.4 Å². The Labute approximate surface area is 180 Å². The van der Waals surface area contributed by atoms with Crippen LogP contribution in [0.2, 0.25) is 0 Å². The van der Waals surface area contributed by atoms with Crippen LogP contribution in [0.4, 0.5) is 4.39 Å². The van der Waals surface area contributed by atoms with Crippen LogP contribution in [0.1, 0.15) is 25.3 Å². The molecule has 1 aliphatic rings. The van der Waals surface area contributed by atoms with E-state index in [1.165, 1.54) is 31.6 Å². The summed E-state index contributed by atoms with van der Waals surface area (Å²) in [5.74, 6) is 0.679. The normalized spacial score (nSPS) is 16.5. The summed E-state index contributed by atoms with van der Waals surface area (Å²) in [6, 6.07) is 6.68. The van der Waals surface area contributed by atoms with E-state index in [-0.39, 0.29) is 29.8 Å². The van der Waals surface area contributed by atoms with Gasteiger partial charge in [-0.2, -0.15) is 0 Å². The molecular weight excluding hydrogens is 456 g/mol. The third-order valence-electron chi connectivity index (χ3n) is 4.68. The maximum atomic E-state index is 12.9. The summed E-state index contributed by atoms with van der Waals surface area (Å²) in [6.07, 6.45) is 3.19. The van der Waals surface area contributed by atoms with E-state index in [2.05, 4.69) is 39.4 Å². The third kappa shape index (κ3) is 10.3. The van der Waals surface area contributed by atoms with Crippen molar-refractivity contribution in [1.29, 1.82) is 0 Å². The lowest BCUT2D eigenvalue weighted by atomic mass is 10.1. The minimum Gasteiger partial charge on any atom is -0.357 e. The molecule has 0 radical (unpaired) electrons. The topological polar surface area (TPSA) is 42.9 Å². The number of halogens is 2. The van der Waals surface area contributed by atoms with E-state index >= 15 is 0 Å². The molecule has 0 atom stereocenters. The van der Waals surface area contributed by atoms with Crippen LogP contribution in [0.3, 0.4) is 0 Å². The van der Waals surface area contributed by atoms with Crippen molar-refractivity contribution >= 4 is 29.9 Å². The van der Waals surface area contributed by atoms with Crippen molar-refractivity contribution in [2.75, 3.05) is 59.4 Å². The van der Waals surface area contributed by atoms with Gasteiger partial charge in [0, 0.05) is 32.7 Å². The van der Waals surface area contributed by atoms with Crippen molar-refractivity contribution in [3.8, 4) is 0 Å². The summed E-state index contributed by atoms with van der Waals surface area (Å²) in [7, 11) is 2.20. The number of rotatable bonds is 8. The van der Waals surface area contributed by atoms with Gasteiger partial charge in [-0.25, -0.2) is 4.39 Å². The molecule has 1 aromatic rings. The van der Waals surface area contributed by atoms with E-state index in [4.69, 9.17) is 0 Å². The molecule has 27 heavy (non-hydrogen) atoms.